The Kier molecular flexibility index (Phi) is 3.39. The maximum atomic E-state index is 4.26. The fourth-order valence-electron chi connectivity index (χ4n) is 0.0589. The standard InChI is InChI=1S/C4H4S/c1-2-3-4-5/h2H,1H3. The van der Waals surface area contributed by atoms with Gasteiger partial charge in [-0.25, -0.2) is 0 Å². The minimum atomic E-state index is 1.72. The number of thiocarbonyl (C=S) groups is 1. The molecule has 0 radical (unpaired) electrons. The molecule has 0 aliphatic rings. The van der Waals surface area contributed by atoms with E-state index in [0.717, 1.165) is 0 Å². The van der Waals surface area contributed by atoms with Crippen molar-refractivity contribution in [1.82, 2.24) is 0 Å². The molecule has 0 aromatic heterocycles. The van der Waals surface area contributed by atoms with Crippen LogP contribution in [0.4, 0.5) is 0 Å². The second kappa shape index (κ2) is 3.65. The molecule has 0 atom stereocenters. The average Bonchev–Trinajstić information content (AvgIpc) is 1.41. The molecule has 1 heteroatoms. The molecule has 0 spiro atoms. The Balaban J connectivity index is 3.75. The molecule has 26 valence electrons. The monoisotopic (exact) mass is 84.0 g/mol. The van der Waals surface area contributed by atoms with Gasteiger partial charge in [0.2, 0.25) is 0 Å². The van der Waals surface area contributed by atoms with Crippen molar-refractivity contribution >= 4 is 17.2 Å². The summed E-state index contributed by atoms with van der Waals surface area (Å²) in [6.45, 7) is 1.85. The van der Waals surface area contributed by atoms with Gasteiger partial charge in [0.15, 0.2) is 0 Å². The van der Waals surface area contributed by atoms with E-state index in [1.54, 1.807) is 6.08 Å². The highest BCUT2D eigenvalue weighted by Crippen LogP contribution is 1.48. The van der Waals surface area contributed by atoms with Gasteiger partial charge in [0.1, 0.15) is 0 Å². The normalized spacial score (nSPS) is 4.20. The Bertz CT molecular complexity index is 81.8. The maximum absolute atomic E-state index is 4.26. The summed E-state index contributed by atoms with van der Waals surface area (Å²) in [6, 6.07) is 0. The first-order valence-corrected chi connectivity index (χ1v) is 1.73. The van der Waals surface area contributed by atoms with E-state index in [4.69, 9.17) is 0 Å². The fourth-order valence-corrected chi connectivity index (χ4v) is 0.177. The molecule has 0 saturated heterocycles. The molecule has 0 aromatic carbocycles. The lowest BCUT2D eigenvalue weighted by Gasteiger charge is -1.38. The summed E-state index contributed by atoms with van der Waals surface area (Å²) in [6.07, 6.45) is 1.72. The predicted molar refractivity (Wildman–Crippen MR) is 26.4 cm³/mol. The summed E-state index contributed by atoms with van der Waals surface area (Å²) in [7, 11) is 0. The van der Waals surface area contributed by atoms with Crippen molar-refractivity contribution in [1.29, 1.82) is 0 Å². The minimum absolute atomic E-state index is 1.72. The van der Waals surface area contributed by atoms with Crippen molar-refractivity contribution < 1.29 is 0 Å². The molecule has 0 amide bonds. The van der Waals surface area contributed by atoms with Crippen LogP contribution in [0.1, 0.15) is 6.92 Å². The Morgan fingerprint density at radius 2 is 2.40 bits per heavy atom. The summed E-state index contributed by atoms with van der Waals surface area (Å²) >= 11 is 4.26. The van der Waals surface area contributed by atoms with Gasteiger partial charge in [-0.3, -0.25) is 0 Å². The molecule has 0 rings (SSSR count). The first-order chi connectivity index (χ1) is 2.41. The molecule has 0 aliphatic heterocycles. The van der Waals surface area contributed by atoms with Crippen LogP contribution >= 0.6 is 12.2 Å². The van der Waals surface area contributed by atoms with Crippen molar-refractivity contribution in [3.8, 4) is 0 Å². The van der Waals surface area contributed by atoms with E-state index < -0.39 is 0 Å². The summed E-state index contributed by atoms with van der Waals surface area (Å²) in [5.74, 6) is 0. The molecule has 5 heavy (non-hydrogen) atoms. The molecule has 0 nitrogen and oxygen atoms in total. The number of rotatable bonds is 0. The molecule has 0 aromatic rings. The van der Waals surface area contributed by atoms with Gasteiger partial charge in [-0.1, -0.05) is 5.73 Å². The predicted octanol–water partition coefficient (Wildman–Crippen LogP) is 1.32. The molecular formula is C4H4S. The van der Waals surface area contributed by atoms with E-state index in [-0.39, 0.29) is 0 Å². The van der Waals surface area contributed by atoms with Crippen LogP contribution in [0.2, 0.25) is 0 Å². The van der Waals surface area contributed by atoms with Gasteiger partial charge in [-0.2, -0.15) is 0 Å². The topological polar surface area (TPSA) is 0 Å². The van der Waals surface area contributed by atoms with Gasteiger partial charge < -0.3 is 0 Å². The third-order valence-corrected chi connectivity index (χ3v) is 0.321. The van der Waals surface area contributed by atoms with Gasteiger partial charge in [-0.05, 0) is 25.2 Å². The van der Waals surface area contributed by atoms with Crippen LogP contribution in [0.25, 0.3) is 0 Å². The largest absolute Gasteiger partial charge is 0.0629 e. The molecular weight excluding hydrogens is 80.1 g/mol. The van der Waals surface area contributed by atoms with Crippen LogP contribution in [-0.2, 0) is 0 Å². The Morgan fingerprint density at radius 3 is 2.40 bits per heavy atom. The maximum Gasteiger partial charge on any atom is 0.00498 e. The highest BCUT2D eigenvalue weighted by Gasteiger charge is 1.31. The van der Waals surface area contributed by atoms with Gasteiger partial charge in [-0.15, -0.1) is 0 Å². The highest BCUT2D eigenvalue weighted by atomic mass is 32.1. The van der Waals surface area contributed by atoms with Gasteiger partial charge in [0, 0.05) is 5.02 Å². The number of hydrogen-bond acceptors (Lipinski definition) is 1. The van der Waals surface area contributed by atoms with Crippen LogP contribution in [0.15, 0.2) is 11.8 Å². The first kappa shape index (κ1) is 4.65. The average molecular weight is 84.1 g/mol. The van der Waals surface area contributed by atoms with Gasteiger partial charge >= 0.3 is 0 Å². The smallest absolute Gasteiger partial charge is 0.00498 e. The zero-order chi connectivity index (χ0) is 4.12. The molecule has 0 aliphatic carbocycles. The second-order valence-corrected chi connectivity index (χ2v) is 0.739. The number of allylic oxidation sites excluding steroid dienone is 1. The van der Waals surface area contributed by atoms with E-state index in [0.29, 0.717) is 0 Å². The van der Waals surface area contributed by atoms with E-state index in [2.05, 4.69) is 23.0 Å². The molecule has 0 bridgehead atoms. The molecule has 0 heterocycles. The zero-order valence-corrected chi connectivity index (χ0v) is 3.80. The third kappa shape index (κ3) is 3.65. The van der Waals surface area contributed by atoms with Crippen LogP contribution < -0.4 is 0 Å². The molecule has 0 unspecified atom stereocenters. The van der Waals surface area contributed by atoms with Crippen LogP contribution in [0.5, 0.6) is 0 Å². The minimum Gasteiger partial charge on any atom is -0.0629 e. The zero-order valence-electron chi connectivity index (χ0n) is 2.99. The van der Waals surface area contributed by atoms with E-state index in [1.807, 2.05) is 6.92 Å². The van der Waals surface area contributed by atoms with Crippen LogP contribution in [-0.4, -0.2) is 5.02 Å². The van der Waals surface area contributed by atoms with Crippen LogP contribution in [0.3, 0.4) is 0 Å². The lowest BCUT2D eigenvalue weighted by molar-refractivity contribution is 1.79. The summed E-state index contributed by atoms with van der Waals surface area (Å²) in [5.41, 5.74) is 2.55. The van der Waals surface area contributed by atoms with E-state index in [1.165, 1.54) is 0 Å². The highest BCUT2D eigenvalue weighted by molar-refractivity contribution is 7.78. The van der Waals surface area contributed by atoms with Crippen molar-refractivity contribution in [2.24, 2.45) is 0 Å². The van der Waals surface area contributed by atoms with E-state index >= 15 is 0 Å². The fraction of sp³-hybridized carbons (Fsp3) is 0.250. The van der Waals surface area contributed by atoms with Crippen molar-refractivity contribution in [3.63, 3.8) is 0 Å². The molecule has 0 N–H and O–H groups in total. The Labute approximate surface area is 36.8 Å². The van der Waals surface area contributed by atoms with Crippen molar-refractivity contribution in [2.75, 3.05) is 0 Å². The third-order valence-electron chi connectivity index (χ3n) is 0.203. The molecule has 0 saturated carbocycles. The van der Waals surface area contributed by atoms with Crippen molar-refractivity contribution in [3.05, 3.63) is 11.8 Å². The van der Waals surface area contributed by atoms with Crippen molar-refractivity contribution in [2.45, 2.75) is 6.92 Å². The second-order valence-electron chi connectivity index (χ2n) is 0.535. The lowest BCUT2D eigenvalue weighted by Crippen LogP contribution is -1.26. The Hall–Kier alpha value is -0.350. The molecule has 0 fully saturated rings. The van der Waals surface area contributed by atoms with E-state index in [9.17, 15) is 0 Å². The summed E-state index contributed by atoms with van der Waals surface area (Å²) in [5, 5.41) is 2.30. The summed E-state index contributed by atoms with van der Waals surface area (Å²) < 4.78 is 0. The summed E-state index contributed by atoms with van der Waals surface area (Å²) in [4.78, 5) is 0. The quantitative estimate of drug-likeness (QED) is 0.315. The lowest BCUT2D eigenvalue weighted by atomic mass is 10.7. The van der Waals surface area contributed by atoms with Gasteiger partial charge in [0.05, 0.1) is 0 Å². The number of hydrogen-bond donors (Lipinski definition) is 0. The SMILES string of the molecule is CC=C=C=S. The van der Waals surface area contributed by atoms with Crippen LogP contribution in [0, 0.1) is 0 Å². The van der Waals surface area contributed by atoms with Gasteiger partial charge in [0.25, 0.3) is 0 Å². The Morgan fingerprint density at radius 1 is 1.80 bits per heavy atom. The first-order valence-electron chi connectivity index (χ1n) is 1.32.